The molecule has 0 radical (unpaired) electrons. The van der Waals surface area contributed by atoms with Crippen molar-refractivity contribution >= 4 is 5.91 Å². The maximum absolute atomic E-state index is 14.0. The van der Waals surface area contributed by atoms with Crippen LogP contribution >= 0.6 is 0 Å². The molecule has 128 valence electrons. The average molecular weight is 341 g/mol. The summed E-state index contributed by atoms with van der Waals surface area (Å²) in [5.41, 5.74) is 1.57. The molecule has 1 heterocycles. The number of amides is 1. The summed E-state index contributed by atoms with van der Waals surface area (Å²) in [5, 5.41) is 4.13. The molecule has 0 saturated heterocycles. The first-order valence-electron chi connectivity index (χ1n) is 7.77. The Hall–Kier alpha value is -3.02. The van der Waals surface area contributed by atoms with Crippen LogP contribution in [0.1, 0.15) is 21.6 Å². The zero-order valence-electron chi connectivity index (χ0n) is 13.9. The molecule has 0 N–H and O–H groups in total. The molecule has 0 atom stereocenters. The van der Waals surface area contributed by atoms with Crippen molar-refractivity contribution < 1.29 is 13.6 Å². The van der Waals surface area contributed by atoms with Crippen LogP contribution in [-0.2, 0) is 6.54 Å². The van der Waals surface area contributed by atoms with E-state index in [-0.39, 0.29) is 24.0 Å². The van der Waals surface area contributed by atoms with Gasteiger partial charge in [0.05, 0.1) is 17.5 Å². The Morgan fingerprint density at radius 1 is 1.08 bits per heavy atom. The minimum Gasteiger partial charge on any atom is -0.337 e. The van der Waals surface area contributed by atoms with Crippen molar-refractivity contribution in [3.8, 4) is 5.69 Å². The van der Waals surface area contributed by atoms with Gasteiger partial charge >= 0.3 is 0 Å². The number of nitrogens with zero attached hydrogens (tertiary/aromatic N) is 3. The van der Waals surface area contributed by atoms with Gasteiger partial charge in [-0.3, -0.25) is 4.79 Å². The number of rotatable bonds is 4. The highest BCUT2D eigenvalue weighted by molar-refractivity contribution is 5.95. The number of hydrogen-bond donors (Lipinski definition) is 0. The van der Waals surface area contributed by atoms with Gasteiger partial charge in [-0.1, -0.05) is 30.3 Å². The van der Waals surface area contributed by atoms with Crippen LogP contribution in [0.2, 0.25) is 0 Å². The number of halogens is 2. The van der Waals surface area contributed by atoms with Crippen LogP contribution in [0, 0.1) is 18.6 Å². The van der Waals surface area contributed by atoms with Gasteiger partial charge in [-0.15, -0.1) is 0 Å². The molecular formula is C19H17F2N3O. The minimum atomic E-state index is -0.424. The van der Waals surface area contributed by atoms with Gasteiger partial charge in [0.1, 0.15) is 17.3 Å². The van der Waals surface area contributed by atoms with Crippen molar-refractivity contribution in [2.24, 2.45) is 0 Å². The molecule has 0 bridgehead atoms. The molecule has 0 aliphatic heterocycles. The number of benzene rings is 2. The molecular weight excluding hydrogens is 324 g/mol. The minimum absolute atomic E-state index is 0.135. The highest BCUT2D eigenvalue weighted by Crippen LogP contribution is 2.19. The Balaban J connectivity index is 1.86. The van der Waals surface area contributed by atoms with Gasteiger partial charge in [0, 0.05) is 19.2 Å². The normalized spacial score (nSPS) is 10.7. The van der Waals surface area contributed by atoms with Crippen molar-refractivity contribution in [2.45, 2.75) is 13.5 Å². The molecule has 3 aromatic rings. The van der Waals surface area contributed by atoms with Crippen LogP contribution in [0.4, 0.5) is 8.78 Å². The van der Waals surface area contributed by atoms with E-state index in [9.17, 15) is 13.6 Å². The number of carbonyl (C=O) groups excluding carboxylic acids is 1. The van der Waals surface area contributed by atoms with Crippen LogP contribution < -0.4 is 0 Å². The topological polar surface area (TPSA) is 38.1 Å². The van der Waals surface area contributed by atoms with Crippen LogP contribution in [-0.4, -0.2) is 27.6 Å². The maximum atomic E-state index is 14.0. The van der Waals surface area contributed by atoms with Gasteiger partial charge in [-0.05, 0) is 25.1 Å². The quantitative estimate of drug-likeness (QED) is 0.725. The molecule has 25 heavy (non-hydrogen) atoms. The Labute approximate surface area is 144 Å². The third kappa shape index (κ3) is 3.28. The summed E-state index contributed by atoms with van der Waals surface area (Å²) in [6.07, 6.45) is 1.40. The molecule has 0 unspecified atom stereocenters. The van der Waals surface area contributed by atoms with Crippen LogP contribution in [0.15, 0.2) is 54.7 Å². The van der Waals surface area contributed by atoms with Gasteiger partial charge in [0.25, 0.3) is 5.91 Å². The number of para-hydroxylation sites is 1. The van der Waals surface area contributed by atoms with Crippen LogP contribution in [0.3, 0.4) is 0 Å². The van der Waals surface area contributed by atoms with E-state index in [1.165, 1.54) is 27.9 Å². The predicted octanol–water partition coefficient (Wildman–Crippen LogP) is 3.73. The Bertz CT molecular complexity index is 921. The van der Waals surface area contributed by atoms with E-state index in [2.05, 4.69) is 5.10 Å². The largest absolute Gasteiger partial charge is 0.337 e. The third-order valence-electron chi connectivity index (χ3n) is 4.03. The summed E-state index contributed by atoms with van der Waals surface area (Å²) in [7, 11) is 1.59. The zero-order valence-corrected chi connectivity index (χ0v) is 13.9. The Kier molecular flexibility index (Phi) is 4.61. The van der Waals surface area contributed by atoms with Crippen molar-refractivity contribution in [3.05, 3.63) is 83.2 Å². The summed E-state index contributed by atoms with van der Waals surface area (Å²) >= 11 is 0. The molecule has 0 fully saturated rings. The SMILES string of the molecule is Cc1c(C(=O)N(C)Cc2ccccc2F)cnn1-c1ccccc1F. The first-order valence-corrected chi connectivity index (χ1v) is 7.77. The molecule has 4 nitrogen and oxygen atoms in total. The lowest BCUT2D eigenvalue weighted by molar-refractivity contribution is 0.0783. The number of hydrogen-bond acceptors (Lipinski definition) is 2. The first-order chi connectivity index (χ1) is 12.0. The Morgan fingerprint density at radius 3 is 2.40 bits per heavy atom. The average Bonchev–Trinajstić information content (AvgIpc) is 2.98. The fourth-order valence-electron chi connectivity index (χ4n) is 2.65. The predicted molar refractivity (Wildman–Crippen MR) is 90.5 cm³/mol. The molecule has 0 aliphatic rings. The second-order valence-corrected chi connectivity index (χ2v) is 5.76. The molecule has 2 aromatic carbocycles. The van der Waals surface area contributed by atoms with Crippen molar-refractivity contribution in [3.63, 3.8) is 0 Å². The van der Waals surface area contributed by atoms with Gasteiger partial charge in [0.2, 0.25) is 0 Å². The van der Waals surface area contributed by atoms with E-state index >= 15 is 0 Å². The highest BCUT2D eigenvalue weighted by Gasteiger charge is 2.20. The van der Waals surface area contributed by atoms with Gasteiger partial charge in [0.15, 0.2) is 0 Å². The lowest BCUT2D eigenvalue weighted by Gasteiger charge is -2.17. The van der Waals surface area contributed by atoms with E-state index in [1.54, 1.807) is 50.4 Å². The molecule has 0 spiro atoms. The molecule has 0 aliphatic carbocycles. The summed E-state index contributed by atoms with van der Waals surface area (Å²) in [5.74, 6) is -1.09. The van der Waals surface area contributed by atoms with Gasteiger partial charge < -0.3 is 4.90 Å². The van der Waals surface area contributed by atoms with Crippen LogP contribution in [0.25, 0.3) is 5.69 Å². The summed E-state index contributed by atoms with van der Waals surface area (Å²) < 4.78 is 29.1. The van der Waals surface area contributed by atoms with E-state index in [1.807, 2.05) is 0 Å². The summed E-state index contributed by atoms with van der Waals surface area (Å²) in [6.45, 7) is 1.83. The van der Waals surface area contributed by atoms with Crippen molar-refractivity contribution in [1.82, 2.24) is 14.7 Å². The fourth-order valence-corrected chi connectivity index (χ4v) is 2.65. The van der Waals surface area contributed by atoms with Crippen LogP contribution in [0.5, 0.6) is 0 Å². The van der Waals surface area contributed by atoms with E-state index in [4.69, 9.17) is 0 Å². The highest BCUT2D eigenvalue weighted by atomic mass is 19.1. The van der Waals surface area contributed by atoms with Gasteiger partial charge in [-0.2, -0.15) is 5.10 Å². The molecule has 0 saturated carbocycles. The maximum Gasteiger partial charge on any atom is 0.257 e. The number of aromatic nitrogens is 2. The lowest BCUT2D eigenvalue weighted by atomic mass is 10.1. The fraction of sp³-hybridized carbons (Fsp3) is 0.158. The second-order valence-electron chi connectivity index (χ2n) is 5.76. The first kappa shape index (κ1) is 16.8. The molecule has 1 aromatic heterocycles. The zero-order chi connectivity index (χ0) is 18.0. The van der Waals surface area contributed by atoms with E-state index in [0.29, 0.717) is 16.8 Å². The third-order valence-corrected chi connectivity index (χ3v) is 4.03. The van der Waals surface area contributed by atoms with Crippen molar-refractivity contribution in [2.75, 3.05) is 7.05 Å². The molecule has 1 amide bonds. The second kappa shape index (κ2) is 6.84. The monoisotopic (exact) mass is 341 g/mol. The summed E-state index contributed by atoms with van der Waals surface area (Å²) in [4.78, 5) is 14.1. The number of carbonyl (C=O) groups is 1. The molecule has 6 heteroatoms. The van der Waals surface area contributed by atoms with E-state index in [0.717, 1.165) is 0 Å². The molecule has 3 rings (SSSR count). The lowest BCUT2D eigenvalue weighted by Crippen LogP contribution is -2.27. The Morgan fingerprint density at radius 2 is 1.72 bits per heavy atom. The smallest absolute Gasteiger partial charge is 0.257 e. The van der Waals surface area contributed by atoms with Gasteiger partial charge in [-0.25, -0.2) is 13.5 Å². The van der Waals surface area contributed by atoms with E-state index < -0.39 is 5.82 Å². The standard InChI is InChI=1S/C19H17F2N3O/c1-13-15(11-22-24(13)18-10-6-5-9-17(18)21)19(25)23(2)12-14-7-3-4-8-16(14)20/h3-11H,12H2,1-2H3. The van der Waals surface area contributed by atoms with Crippen molar-refractivity contribution in [1.29, 1.82) is 0 Å². The summed E-state index contributed by atoms with van der Waals surface area (Å²) in [6, 6.07) is 12.5.